The van der Waals surface area contributed by atoms with E-state index in [9.17, 15) is 9.59 Å². The van der Waals surface area contributed by atoms with Gasteiger partial charge in [-0.15, -0.1) is 0 Å². The summed E-state index contributed by atoms with van der Waals surface area (Å²) in [7, 11) is 0. The van der Waals surface area contributed by atoms with Crippen molar-refractivity contribution in [3.8, 4) is 0 Å². The molecule has 2 N–H and O–H groups in total. The molecule has 1 aliphatic carbocycles. The first kappa shape index (κ1) is 10.9. The van der Waals surface area contributed by atoms with Crippen molar-refractivity contribution in [1.82, 2.24) is 0 Å². The molecule has 2 unspecified atom stereocenters. The molecular weight excluding hydrogens is 265 g/mol. The van der Waals surface area contributed by atoms with Crippen LogP contribution in [0.1, 0.15) is 12.0 Å². The minimum atomic E-state index is -0.983. The van der Waals surface area contributed by atoms with E-state index in [1.807, 2.05) is 0 Å². The van der Waals surface area contributed by atoms with Gasteiger partial charge in [-0.3, -0.25) is 9.59 Å². The van der Waals surface area contributed by atoms with Crippen LogP contribution in [0, 0.1) is 5.92 Å². The Morgan fingerprint density at radius 2 is 2.18 bits per heavy atom. The standard InChI is InChI=1S/C11H7Cl2NO3/c12-4-1-6(13)8-7(2-4)14-10(17)11(8)3-5(11)9(15)16/h1-2,5H,3H2,(H,14,17)(H,15,16). The fraction of sp³-hybridized carbons (Fsp3) is 0.273. The molecule has 1 spiro atoms. The van der Waals surface area contributed by atoms with Gasteiger partial charge in [-0.2, -0.15) is 0 Å². The fourth-order valence-corrected chi connectivity index (χ4v) is 3.22. The highest BCUT2D eigenvalue weighted by Gasteiger charge is 2.69. The van der Waals surface area contributed by atoms with Gasteiger partial charge < -0.3 is 10.4 Å². The predicted molar refractivity (Wildman–Crippen MR) is 62.5 cm³/mol. The largest absolute Gasteiger partial charge is 0.481 e. The predicted octanol–water partition coefficient (Wildman–Crippen LogP) is 2.29. The fourth-order valence-electron chi connectivity index (χ4n) is 2.56. The number of fused-ring (bicyclic) bond motifs is 2. The first-order valence-corrected chi connectivity index (χ1v) is 5.76. The minimum absolute atomic E-state index is 0.294. The number of nitrogens with one attached hydrogen (secondary N) is 1. The van der Waals surface area contributed by atoms with Crippen LogP contribution in [-0.4, -0.2) is 17.0 Å². The van der Waals surface area contributed by atoms with E-state index < -0.39 is 17.3 Å². The van der Waals surface area contributed by atoms with Crippen LogP contribution in [-0.2, 0) is 15.0 Å². The summed E-state index contributed by atoms with van der Waals surface area (Å²) in [5.74, 6) is -1.97. The number of carbonyl (C=O) groups is 2. The van der Waals surface area contributed by atoms with Crippen molar-refractivity contribution in [3.05, 3.63) is 27.7 Å². The number of anilines is 1. The zero-order valence-electron chi connectivity index (χ0n) is 8.46. The normalized spacial score (nSPS) is 29.1. The van der Waals surface area contributed by atoms with Crippen LogP contribution >= 0.6 is 23.2 Å². The summed E-state index contributed by atoms with van der Waals surface area (Å²) >= 11 is 11.9. The van der Waals surface area contributed by atoms with Crippen molar-refractivity contribution < 1.29 is 14.7 Å². The number of hydrogen-bond donors (Lipinski definition) is 2. The summed E-state index contributed by atoms with van der Waals surface area (Å²) in [5.41, 5.74) is 0.111. The molecule has 1 fully saturated rings. The maximum absolute atomic E-state index is 11.9. The number of carboxylic acid groups (broad SMARTS) is 1. The number of aliphatic carboxylic acids is 1. The highest BCUT2D eigenvalue weighted by Crippen LogP contribution is 2.62. The Labute approximate surface area is 107 Å². The van der Waals surface area contributed by atoms with Crippen LogP contribution < -0.4 is 5.32 Å². The van der Waals surface area contributed by atoms with Crippen LogP contribution in [0.2, 0.25) is 10.0 Å². The Morgan fingerprint density at radius 3 is 2.76 bits per heavy atom. The molecular formula is C11H7Cl2NO3. The first-order chi connectivity index (χ1) is 7.96. The Kier molecular flexibility index (Phi) is 2.01. The number of halogens is 2. The summed E-state index contributed by atoms with van der Waals surface area (Å²) in [6, 6.07) is 3.12. The zero-order chi connectivity index (χ0) is 12.4. The zero-order valence-corrected chi connectivity index (χ0v) is 9.97. The highest BCUT2D eigenvalue weighted by molar-refractivity contribution is 6.37. The van der Waals surface area contributed by atoms with Crippen molar-refractivity contribution in [3.63, 3.8) is 0 Å². The molecule has 0 aromatic heterocycles. The molecule has 1 heterocycles. The van der Waals surface area contributed by atoms with E-state index in [2.05, 4.69) is 5.32 Å². The number of hydrogen-bond acceptors (Lipinski definition) is 2. The molecule has 17 heavy (non-hydrogen) atoms. The Hall–Kier alpha value is -1.26. The van der Waals surface area contributed by atoms with Gasteiger partial charge >= 0.3 is 5.97 Å². The molecule has 0 radical (unpaired) electrons. The molecule has 4 nitrogen and oxygen atoms in total. The molecule has 6 heteroatoms. The first-order valence-electron chi connectivity index (χ1n) is 5.00. The van der Waals surface area contributed by atoms with Crippen molar-refractivity contribution in [1.29, 1.82) is 0 Å². The van der Waals surface area contributed by atoms with E-state index in [0.29, 0.717) is 27.7 Å². The quantitative estimate of drug-likeness (QED) is 0.824. The maximum Gasteiger partial charge on any atom is 0.307 e. The average Bonchev–Trinajstić information content (AvgIpc) is 2.86. The van der Waals surface area contributed by atoms with Crippen molar-refractivity contribution >= 4 is 40.8 Å². The Balaban J connectivity index is 2.19. The second-order valence-corrected chi connectivity index (χ2v) is 5.17. The summed E-state index contributed by atoms with van der Waals surface area (Å²) in [4.78, 5) is 22.9. The second-order valence-electron chi connectivity index (χ2n) is 4.33. The Morgan fingerprint density at radius 1 is 1.47 bits per heavy atom. The molecule has 3 rings (SSSR count). The number of carbonyl (C=O) groups excluding carboxylic acids is 1. The van der Waals surface area contributed by atoms with Crippen molar-refractivity contribution in [2.75, 3.05) is 5.32 Å². The number of amides is 1. The van der Waals surface area contributed by atoms with Gasteiger partial charge in [-0.05, 0) is 18.6 Å². The molecule has 2 aliphatic rings. The van der Waals surface area contributed by atoms with Crippen molar-refractivity contribution in [2.45, 2.75) is 11.8 Å². The third-order valence-corrected chi connectivity index (χ3v) is 3.93. The molecule has 1 amide bonds. The van der Waals surface area contributed by atoms with Crippen LogP contribution in [0.25, 0.3) is 0 Å². The summed E-state index contributed by atoms with van der Waals surface area (Å²) in [6.45, 7) is 0. The second kappa shape index (κ2) is 3.15. The van der Waals surface area contributed by atoms with Gasteiger partial charge in [-0.25, -0.2) is 0 Å². The van der Waals surface area contributed by atoms with Crippen LogP contribution in [0.15, 0.2) is 12.1 Å². The molecule has 2 atom stereocenters. The summed E-state index contributed by atoms with van der Waals surface area (Å²) in [5, 5.41) is 12.4. The lowest BCUT2D eigenvalue weighted by Crippen LogP contribution is -2.24. The molecule has 0 saturated heterocycles. The highest BCUT2D eigenvalue weighted by atomic mass is 35.5. The number of carboxylic acids is 1. The lowest BCUT2D eigenvalue weighted by Gasteiger charge is -2.08. The average molecular weight is 272 g/mol. The molecule has 1 saturated carbocycles. The smallest absolute Gasteiger partial charge is 0.307 e. The van der Waals surface area contributed by atoms with Gasteiger partial charge in [0, 0.05) is 21.3 Å². The third-order valence-electron chi connectivity index (χ3n) is 3.41. The van der Waals surface area contributed by atoms with E-state index in [1.54, 1.807) is 6.07 Å². The van der Waals surface area contributed by atoms with Crippen molar-refractivity contribution in [2.24, 2.45) is 5.92 Å². The lowest BCUT2D eigenvalue weighted by atomic mass is 9.94. The summed E-state index contributed by atoms with van der Waals surface area (Å²) < 4.78 is 0. The molecule has 1 aromatic rings. The Bertz CT molecular complexity index is 572. The van der Waals surface area contributed by atoms with E-state index in [0.717, 1.165) is 0 Å². The van der Waals surface area contributed by atoms with Gasteiger partial charge in [0.2, 0.25) is 5.91 Å². The number of rotatable bonds is 1. The van der Waals surface area contributed by atoms with Gasteiger partial charge in [0.1, 0.15) is 0 Å². The summed E-state index contributed by atoms with van der Waals surface area (Å²) in [6.07, 6.45) is 0.294. The monoisotopic (exact) mass is 271 g/mol. The number of benzene rings is 1. The van der Waals surface area contributed by atoms with Gasteiger partial charge in [0.15, 0.2) is 0 Å². The molecule has 0 bridgehead atoms. The van der Waals surface area contributed by atoms with Gasteiger partial charge in [-0.1, -0.05) is 23.2 Å². The van der Waals surface area contributed by atoms with Crippen LogP contribution in [0.3, 0.4) is 0 Å². The molecule has 1 aromatic carbocycles. The van der Waals surface area contributed by atoms with Crippen LogP contribution in [0.4, 0.5) is 5.69 Å². The SMILES string of the molecule is O=C(O)C1CC12C(=O)Nc1cc(Cl)cc(Cl)c12. The van der Waals surface area contributed by atoms with Gasteiger partial charge in [0.05, 0.1) is 11.3 Å². The van der Waals surface area contributed by atoms with Crippen LogP contribution in [0.5, 0.6) is 0 Å². The third kappa shape index (κ3) is 1.25. The van der Waals surface area contributed by atoms with E-state index in [4.69, 9.17) is 28.3 Å². The maximum atomic E-state index is 11.9. The molecule has 88 valence electrons. The van der Waals surface area contributed by atoms with E-state index in [1.165, 1.54) is 6.07 Å². The van der Waals surface area contributed by atoms with E-state index >= 15 is 0 Å². The van der Waals surface area contributed by atoms with E-state index in [-0.39, 0.29) is 5.91 Å². The molecule has 1 aliphatic heterocycles. The lowest BCUT2D eigenvalue weighted by molar-refractivity contribution is -0.140. The topological polar surface area (TPSA) is 66.4 Å². The minimum Gasteiger partial charge on any atom is -0.481 e. The van der Waals surface area contributed by atoms with Gasteiger partial charge in [0.25, 0.3) is 0 Å².